The number of nitrogens with two attached hydrogens (primary N) is 2. The van der Waals surface area contributed by atoms with Gasteiger partial charge in [0.15, 0.2) is 0 Å². The van der Waals surface area contributed by atoms with Crippen LogP contribution < -0.4 is 11.5 Å². The van der Waals surface area contributed by atoms with E-state index in [0.29, 0.717) is 11.6 Å². The maximum Gasteiger partial charge on any atom is 0.248 e. The zero-order chi connectivity index (χ0) is 12.3. The number of nitrogens with zero attached hydrogens (tertiary/aromatic N) is 1. The van der Waals surface area contributed by atoms with E-state index in [1.54, 1.807) is 12.1 Å². The number of halogens is 1. The van der Waals surface area contributed by atoms with Gasteiger partial charge in [-0.3, -0.25) is 9.69 Å². The Morgan fingerprint density at radius 2 is 2.00 bits per heavy atom. The molecule has 5 heteroatoms. The van der Waals surface area contributed by atoms with Crippen LogP contribution in [0.4, 0.5) is 0 Å². The number of amides is 1. The van der Waals surface area contributed by atoms with Crippen LogP contribution in [-0.2, 0) is 6.54 Å². The molecule has 0 aromatic heterocycles. The third-order valence-corrected chi connectivity index (χ3v) is 3.19. The van der Waals surface area contributed by atoms with E-state index in [0.717, 1.165) is 26.1 Å². The summed E-state index contributed by atoms with van der Waals surface area (Å²) in [5.74, 6) is -0.378. The molecule has 1 atom stereocenters. The molecular formula is C13H20ClN3O. The lowest BCUT2D eigenvalue weighted by molar-refractivity contribution is 0.100. The molecule has 0 bridgehead atoms. The first-order valence-electron chi connectivity index (χ1n) is 6.02. The van der Waals surface area contributed by atoms with Crippen LogP contribution >= 0.6 is 12.4 Å². The molecule has 1 aliphatic heterocycles. The molecule has 18 heavy (non-hydrogen) atoms. The molecule has 1 fully saturated rings. The molecule has 0 saturated carbocycles. The molecule has 0 radical (unpaired) electrons. The van der Waals surface area contributed by atoms with Crippen molar-refractivity contribution in [3.05, 3.63) is 35.4 Å². The van der Waals surface area contributed by atoms with Crippen molar-refractivity contribution >= 4 is 18.3 Å². The van der Waals surface area contributed by atoms with E-state index in [-0.39, 0.29) is 18.3 Å². The topological polar surface area (TPSA) is 72.4 Å². The Labute approximate surface area is 114 Å². The summed E-state index contributed by atoms with van der Waals surface area (Å²) in [6.45, 7) is 2.95. The monoisotopic (exact) mass is 269 g/mol. The van der Waals surface area contributed by atoms with Gasteiger partial charge in [-0.15, -0.1) is 12.4 Å². The van der Waals surface area contributed by atoms with Crippen molar-refractivity contribution in [3.8, 4) is 0 Å². The highest BCUT2D eigenvalue weighted by atomic mass is 35.5. The number of rotatable bonds is 3. The summed E-state index contributed by atoms with van der Waals surface area (Å²) in [5.41, 5.74) is 12.9. The summed E-state index contributed by atoms with van der Waals surface area (Å²) >= 11 is 0. The Bertz CT molecular complexity index is 394. The molecule has 100 valence electrons. The zero-order valence-electron chi connectivity index (χ0n) is 10.3. The summed E-state index contributed by atoms with van der Waals surface area (Å²) in [6.07, 6.45) is 2.29. The Balaban J connectivity index is 0.00000162. The van der Waals surface area contributed by atoms with Crippen LogP contribution in [0.3, 0.4) is 0 Å². The number of piperidine rings is 1. The second-order valence-electron chi connectivity index (χ2n) is 4.70. The van der Waals surface area contributed by atoms with Gasteiger partial charge in [-0.05, 0) is 37.1 Å². The lowest BCUT2D eigenvalue weighted by Crippen LogP contribution is -2.42. The predicted molar refractivity (Wildman–Crippen MR) is 74.7 cm³/mol. The summed E-state index contributed by atoms with van der Waals surface area (Å²) < 4.78 is 0. The Morgan fingerprint density at radius 1 is 1.33 bits per heavy atom. The summed E-state index contributed by atoms with van der Waals surface area (Å²) in [6, 6.07) is 7.78. The van der Waals surface area contributed by atoms with Gasteiger partial charge in [0, 0.05) is 24.7 Å². The summed E-state index contributed by atoms with van der Waals surface area (Å²) in [4.78, 5) is 13.3. The molecular weight excluding hydrogens is 250 g/mol. The van der Waals surface area contributed by atoms with Crippen LogP contribution in [0.15, 0.2) is 24.3 Å². The highest BCUT2D eigenvalue weighted by Crippen LogP contribution is 2.13. The van der Waals surface area contributed by atoms with Crippen LogP contribution in [0.1, 0.15) is 28.8 Å². The van der Waals surface area contributed by atoms with E-state index >= 15 is 0 Å². The summed E-state index contributed by atoms with van der Waals surface area (Å²) in [7, 11) is 0. The van der Waals surface area contributed by atoms with Gasteiger partial charge in [0.1, 0.15) is 0 Å². The van der Waals surface area contributed by atoms with Crippen LogP contribution in [-0.4, -0.2) is 29.9 Å². The maximum absolute atomic E-state index is 10.9. The van der Waals surface area contributed by atoms with Gasteiger partial charge in [-0.2, -0.15) is 0 Å². The van der Waals surface area contributed by atoms with Crippen LogP contribution in [0.2, 0.25) is 0 Å². The van der Waals surface area contributed by atoms with Crippen molar-refractivity contribution < 1.29 is 4.79 Å². The number of benzene rings is 1. The predicted octanol–water partition coefficient (Wildman–Crippen LogP) is 1.13. The van der Waals surface area contributed by atoms with Crippen molar-refractivity contribution in [2.24, 2.45) is 11.5 Å². The molecule has 1 aromatic rings. The van der Waals surface area contributed by atoms with E-state index in [9.17, 15) is 4.79 Å². The SMILES string of the molecule is Cl.NC(=O)c1ccc(CN2CCCC(N)C2)cc1. The standard InChI is InChI=1S/C13H19N3O.ClH/c14-12-2-1-7-16(9-12)8-10-3-5-11(6-4-10)13(15)17;/h3-6,12H,1-2,7-9,14H2,(H2,15,17);1H. The minimum atomic E-state index is -0.378. The number of hydrogen-bond acceptors (Lipinski definition) is 3. The average Bonchev–Trinajstić information content (AvgIpc) is 2.29. The minimum Gasteiger partial charge on any atom is -0.366 e. The van der Waals surface area contributed by atoms with E-state index in [1.807, 2.05) is 12.1 Å². The van der Waals surface area contributed by atoms with E-state index in [2.05, 4.69) is 4.90 Å². The number of carbonyl (C=O) groups is 1. The van der Waals surface area contributed by atoms with Crippen molar-refractivity contribution in [1.29, 1.82) is 0 Å². The Kier molecular flexibility index (Phi) is 5.59. The van der Waals surface area contributed by atoms with Gasteiger partial charge in [-0.1, -0.05) is 12.1 Å². The third-order valence-electron chi connectivity index (χ3n) is 3.19. The van der Waals surface area contributed by atoms with E-state index < -0.39 is 0 Å². The van der Waals surface area contributed by atoms with Crippen molar-refractivity contribution in [2.45, 2.75) is 25.4 Å². The lowest BCUT2D eigenvalue weighted by Gasteiger charge is -2.30. The number of likely N-dealkylation sites (tertiary alicyclic amines) is 1. The van der Waals surface area contributed by atoms with Crippen LogP contribution in [0.25, 0.3) is 0 Å². The first-order valence-corrected chi connectivity index (χ1v) is 6.02. The lowest BCUT2D eigenvalue weighted by atomic mass is 10.1. The van der Waals surface area contributed by atoms with E-state index in [4.69, 9.17) is 11.5 Å². The molecule has 1 saturated heterocycles. The minimum absolute atomic E-state index is 0. The molecule has 1 unspecified atom stereocenters. The highest BCUT2D eigenvalue weighted by molar-refractivity contribution is 5.92. The molecule has 0 spiro atoms. The van der Waals surface area contributed by atoms with Crippen molar-refractivity contribution in [1.82, 2.24) is 4.90 Å². The molecule has 1 aliphatic rings. The van der Waals surface area contributed by atoms with E-state index in [1.165, 1.54) is 12.0 Å². The zero-order valence-corrected chi connectivity index (χ0v) is 11.2. The van der Waals surface area contributed by atoms with Gasteiger partial charge in [0.25, 0.3) is 0 Å². The molecule has 1 heterocycles. The van der Waals surface area contributed by atoms with Gasteiger partial charge < -0.3 is 11.5 Å². The number of carbonyl (C=O) groups excluding carboxylic acids is 1. The second-order valence-corrected chi connectivity index (χ2v) is 4.70. The largest absolute Gasteiger partial charge is 0.366 e. The van der Waals surface area contributed by atoms with Crippen LogP contribution in [0, 0.1) is 0 Å². The second kappa shape index (κ2) is 6.73. The fourth-order valence-corrected chi connectivity index (χ4v) is 2.27. The number of hydrogen-bond donors (Lipinski definition) is 2. The van der Waals surface area contributed by atoms with Crippen LogP contribution in [0.5, 0.6) is 0 Å². The highest BCUT2D eigenvalue weighted by Gasteiger charge is 2.16. The third kappa shape index (κ3) is 3.98. The first kappa shape index (κ1) is 15.0. The van der Waals surface area contributed by atoms with Crippen molar-refractivity contribution in [3.63, 3.8) is 0 Å². The molecule has 1 aromatic carbocycles. The molecule has 2 rings (SSSR count). The normalized spacial score (nSPS) is 20.2. The molecule has 0 aliphatic carbocycles. The maximum atomic E-state index is 10.9. The van der Waals surface area contributed by atoms with Gasteiger partial charge in [0.05, 0.1) is 0 Å². The van der Waals surface area contributed by atoms with Gasteiger partial charge in [-0.25, -0.2) is 0 Å². The number of primary amides is 1. The first-order chi connectivity index (χ1) is 8.15. The quantitative estimate of drug-likeness (QED) is 0.864. The Morgan fingerprint density at radius 3 is 2.56 bits per heavy atom. The molecule has 1 amide bonds. The smallest absolute Gasteiger partial charge is 0.248 e. The summed E-state index contributed by atoms with van der Waals surface area (Å²) in [5, 5.41) is 0. The average molecular weight is 270 g/mol. The van der Waals surface area contributed by atoms with Crippen molar-refractivity contribution in [2.75, 3.05) is 13.1 Å². The van der Waals surface area contributed by atoms with Gasteiger partial charge >= 0.3 is 0 Å². The molecule has 4 N–H and O–H groups in total. The molecule has 4 nitrogen and oxygen atoms in total. The fourth-order valence-electron chi connectivity index (χ4n) is 2.27. The Hall–Kier alpha value is -1.10. The fraction of sp³-hybridized carbons (Fsp3) is 0.462. The van der Waals surface area contributed by atoms with Gasteiger partial charge in [0.2, 0.25) is 5.91 Å².